The van der Waals surface area contributed by atoms with Gasteiger partial charge in [-0.1, -0.05) is 99.9 Å². The van der Waals surface area contributed by atoms with Crippen LogP contribution in [0.3, 0.4) is 0 Å². The van der Waals surface area contributed by atoms with Crippen LogP contribution in [0.15, 0.2) is 71.4 Å². The number of allylic oxidation sites excluding steroid dienone is 10. The number of rotatable bonds is 17. The number of Topliss-reactive ketones (excluding diaryl/α,β-unsaturated/α-hetero) is 1. The molecule has 2 N–H and O–H groups in total. The normalized spacial score (nSPS) is 19.0. The molecule has 4 nitrogen and oxygen atoms in total. The number of carbonyl (C=O) groups excluding carboxylic acids is 2. The van der Waals surface area contributed by atoms with Crippen LogP contribution in [0.5, 0.6) is 0 Å². The van der Waals surface area contributed by atoms with Gasteiger partial charge in [0.1, 0.15) is 12.1 Å². The number of ketones is 1. The SMILES string of the molecule is C/C=C(\C)C[C@H](C)[C@@H](O)[C@H](C)C(=O)[C@H](C)/C=C(C)/C=C/C[C@@H](C)/C=C(\C=C\[C@H](O)C/C=C\C=O)CC. The Morgan fingerprint density at radius 2 is 1.61 bits per heavy atom. The van der Waals surface area contributed by atoms with Crippen molar-refractivity contribution in [3.63, 3.8) is 0 Å². The number of aliphatic hydroxyl groups excluding tert-OH is 2. The second kappa shape index (κ2) is 18.9. The lowest BCUT2D eigenvalue weighted by molar-refractivity contribution is -0.129. The molecule has 4 heteroatoms. The molecule has 0 aromatic carbocycles. The molecule has 0 heterocycles. The van der Waals surface area contributed by atoms with Crippen LogP contribution in [0, 0.1) is 23.7 Å². The van der Waals surface area contributed by atoms with E-state index >= 15 is 0 Å². The molecule has 0 unspecified atom stereocenters. The number of aldehydes is 1. The van der Waals surface area contributed by atoms with E-state index in [9.17, 15) is 19.8 Å². The van der Waals surface area contributed by atoms with E-state index in [4.69, 9.17) is 0 Å². The Morgan fingerprint density at radius 3 is 2.19 bits per heavy atom. The van der Waals surface area contributed by atoms with E-state index < -0.39 is 18.1 Å². The van der Waals surface area contributed by atoms with Gasteiger partial charge in [-0.3, -0.25) is 9.59 Å². The molecule has 202 valence electrons. The van der Waals surface area contributed by atoms with E-state index in [-0.39, 0.29) is 17.6 Å². The quantitative estimate of drug-likeness (QED) is 0.0970. The first-order valence-electron chi connectivity index (χ1n) is 13.3. The smallest absolute Gasteiger partial charge is 0.144 e. The Balaban J connectivity index is 4.95. The third-order valence-electron chi connectivity index (χ3n) is 6.56. The Labute approximate surface area is 220 Å². The van der Waals surface area contributed by atoms with E-state index in [1.165, 1.54) is 11.6 Å². The summed E-state index contributed by atoms with van der Waals surface area (Å²) in [5.41, 5.74) is 3.42. The van der Waals surface area contributed by atoms with Gasteiger partial charge in [-0.2, -0.15) is 0 Å². The fourth-order valence-corrected chi connectivity index (χ4v) is 4.13. The Bertz CT molecular complexity index is 840. The first kappa shape index (κ1) is 33.7. The zero-order valence-corrected chi connectivity index (χ0v) is 23.8. The number of hydrogen-bond donors (Lipinski definition) is 2. The molecule has 0 fully saturated rings. The lowest BCUT2D eigenvalue weighted by Crippen LogP contribution is -2.34. The zero-order valence-electron chi connectivity index (χ0n) is 23.8. The van der Waals surface area contributed by atoms with Crippen molar-refractivity contribution in [3.05, 3.63) is 71.4 Å². The summed E-state index contributed by atoms with van der Waals surface area (Å²) in [6.07, 6.45) is 19.6. The number of aliphatic hydroxyl groups is 2. The fourth-order valence-electron chi connectivity index (χ4n) is 4.13. The van der Waals surface area contributed by atoms with Crippen molar-refractivity contribution >= 4 is 12.1 Å². The van der Waals surface area contributed by atoms with Crippen molar-refractivity contribution in [1.29, 1.82) is 0 Å². The molecule has 6 atom stereocenters. The van der Waals surface area contributed by atoms with E-state index in [1.54, 1.807) is 12.2 Å². The third kappa shape index (κ3) is 14.3. The summed E-state index contributed by atoms with van der Waals surface area (Å²) in [5.74, 6) is -0.219. The van der Waals surface area contributed by atoms with Gasteiger partial charge < -0.3 is 10.2 Å². The van der Waals surface area contributed by atoms with Crippen molar-refractivity contribution in [1.82, 2.24) is 0 Å². The van der Waals surface area contributed by atoms with Crippen LogP contribution < -0.4 is 0 Å². The minimum atomic E-state index is -0.650. The molecule has 0 spiro atoms. The highest BCUT2D eigenvalue weighted by atomic mass is 16.3. The van der Waals surface area contributed by atoms with E-state index in [0.29, 0.717) is 18.6 Å². The molecule has 0 aromatic rings. The van der Waals surface area contributed by atoms with E-state index in [0.717, 1.165) is 30.4 Å². The molecule has 0 saturated heterocycles. The van der Waals surface area contributed by atoms with Crippen molar-refractivity contribution in [2.24, 2.45) is 23.7 Å². The van der Waals surface area contributed by atoms with Gasteiger partial charge >= 0.3 is 0 Å². The highest BCUT2D eigenvalue weighted by molar-refractivity contribution is 5.85. The van der Waals surface area contributed by atoms with Gasteiger partial charge in [-0.15, -0.1) is 0 Å². The molecule has 0 aliphatic carbocycles. The molecular formula is C32H50O4. The maximum Gasteiger partial charge on any atom is 0.144 e. The molecule has 0 aliphatic heterocycles. The lowest BCUT2D eigenvalue weighted by atomic mass is 9.83. The van der Waals surface area contributed by atoms with Crippen molar-refractivity contribution in [2.75, 3.05) is 0 Å². The van der Waals surface area contributed by atoms with Gasteiger partial charge in [-0.25, -0.2) is 0 Å². The Hall–Kier alpha value is -2.30. The molecular weight excluding hydrogens is 448 g/mol. The topological polar surface area (TPSA) is 74.6 Å². The maximum atomic E-state index is 12.9. The first-order valence-corrected chi connectivity index (χ1v) is 13.3. The van der Waals surface area contributed by atoms with Crippen molar-refractivity contribution < 1.29 is 19.8 Å². The second-order valence-corrected chi connectivity index (χ2v) is 10.1. The predicted octanol–water partition coefficient (Wildman–Crippen LogP) is 7.11. The van der Waals surface area contributed by atoms with E-state index in [1.807, 2.05) is 46.8 Å². The van der Waals surface area contributed by atoms with Crippen LogP contribution in [0.2, 0.25) is 0 Å². The minimum Gasteiger partial charge on any atom is -0.392 e. The summed E-state index contributed by atoms with van der Waals surface area (Å²) >= 11 is 0. The van der Waals surface area contributed by atoms with Crippen LogP contribution in [0.1, 0.15) is 81.1 Å². The van der Waals surface area contributed by atoms with Crippen LogP contribution in [0.25, 0.3) is 0 Å². The van der Waals surface area contributed by atoms with Gasteiger partial charge in [0.15, 0.2) is 0 Å². The Kier molecular flexibility index (Phi) is 17.7. The highest BCUT2D eigenvalue weighted by Crippen LogP contribution is 2.24. The van der Waals surface area contributed by atoms with Crippen molar-refractivity contribution in [3.8, 4) is 0 Å². The second-order valence-electron chi connectivity index (χ2n) is 10.1. The van der Waals surface area contributed by atoms with Crippen LogP contribution in [-0.2, 0) is 9.59 Å². The van der Waals surface area contributed by atoms with Crippen LogP contribution in [-0.4, -0.2) is 34.5 Å². The zero-order chi connectivity index (χ0) is 27.7. The molecule has 0 saturated carbocycles. The summed E-state index contributed by atoms with van der Waals surface area (Å²) in [6.45, 7) is 16.0. The molecule has 0 rings (SSSR count). The maximum absolute atomic E-state index is 12.9. The number of carbonyl (C=O) groups is 2. The summed E-state index contributed by atoms with van der Waals surface area (Å²) < 4.78 is 0. The van der Waals surface area contributed by atoms with Gasteiger partial charge in [-0.05, 0) is 64.4 Å². The Morgan fingerprint density at radius 1 is 0.944 bits per heavy atom. The predicted molar refractivity (Wildman–Crippen MR) is 153 cm³/mol. The van der Waals surface area contributed by atoms with Crippen molar-refractivity contribution in [2.45, 2.75) is 93.3 Å². The monoisotopic (exact) mass is 498 g/mol. The standard InChI is InChI=1S/C32H50O4/c1-9-23(3)20-26(6)31(35)28(8)32(36)27(7)21-24(4)14-13-15-25(5)22-29(10-2)17-18-30(34)16-11-12-19-33/h9,11-14,17-19,21-22,25-28,30-31,34-35H,10,15-16,20H2,1-8H3/b12-11-,14-13+,18-17+,23-9+,24-21+,29-22-/t25-,26+,27-,28+,30-,31-/m1/s1. The largest absolute Gasteiger partial charge is 0.392 e. The summed E-state index contributed by atoms with van der Waals surface area (Å²) in [5, 5.41) is 20.6. The first-order chi connectivity index (χ1) is 17.0. The summed E-state index contributed by atoms with van der Waals surface area (Å²) in [4.78, 5) is 23.2. The lowest BCUT2D eigenvalue weighted by Gasteiger charge is -2.25. The van der Waals surface area contributed by atoms with Gasteiger partial charge in [0.25, 0.3) is 0 Å². The van der Waals surface area contributed by atoms with Crippen LogP contribution >= 0.6 is 0 Å². The average Bonchev–Trinajstić information content (AvgIpc) is 2.84. The highest BCUT2D eigenvalue weighted by Gasteiger charge is 2.29. The molecule has 36 heavy (non-hydrogen) atoms. The van der Waals surface area contributed by atoms with Crippen LogP contribution in [0.4, 0.5) is 0 Å². The molecule has 0 bridgehead atoms. The molecule has 0 radical (unpaired) electrons. The minimum absolute atomic E-state index is 0.0392. The van der Waals surface area contributed by atoms with E-state index in [2.05, 4.69) is 45.1 Å². The fraction of sp³-hybridized carbons (Fsp3) is 0.562. The average molecular weight is 499 g/mol. The molecule has 0 aliphatic rings. The molecule has 0 amide bonds. The third-order valence-corrected chi connectivity index (χ3v) is 6.56. The number of hydrogen-bond acceptors (Lipinski definition) is 4. The summed E-state index contributed by atoms with van der Waals surface area (Å²) in [6, 6.07) is 0. The molecule has 0 aromatic heterocycles. The van der Waals surface area contributed by atoms with Gasteiger partial charge in [0.2, 0.25) is 0 Å². The summed E-state index contributed by atoms with van der Waals surface area (Å²) in [7, 11) is 0. The van der Waals surface area contributed by atoms with Gasteiger partial charge in [0, 0.05) is 11.8 Å². The van der Waals surface area contributed by atoms with Gasteiger partial charge in [0.05, 0.1) is 12.2 Å².